The summed E-state index contributed by atoms with van der Waals surface area (Å²) in [6.07, 6.45) is 3.37. The molecule has 1 atom stereocenters. The van der Waals surface area contributed by atoms with Gasteiger partial charge >= 0.3 is 0 Å². The first kappa shape index (κ1) is 16.7. The smallest absolute Gasteiger partial charge is 0.149 e. The third-order valence-corrected chi connectivity index (χ3v) is 4.88. The summed E-state index contributed by atoms with van der Waals surface area (Å²) in [5.41, 5.74) is 3.13. The lowest BCUT2D eigenvalue weighted by atomic mass is 10.1. The number of hydrogen-bond donors (Lipinski definition) is 1. The Labute approximate surface area is 143 Å². The van der Waals surface area contributed by atoms with E-state index in [1.165, 1.54) is 6.26 Å². The van der Waals surface area contributed by atoms with Gasteiger partial charge in [-0.3, -0.25) is 0 Å². The highest BCUT2D eigenvalue weighted by Crippen LogP contribution is 2.25. The van der Waals surface area contributed by atoms with Crippen molar-refractivity contribution in [3.63, 3.8) is 0 Å². The van der Waals surface area contributed by atoms with Crippen LogP contribution in [0.5, 0.6) is 5.75 Å². The SMILES string of the molecule is CS(=O)(=O)C[C@@H](NCC1=Cc2ccccc2OC1)c1ccccc1. The van der Waals surface area contributed by atoms with E-state index < -0.39 is 9.84 Å². The highest BCUT2D eigenvalue weighted by Gasteiger charge is 2.18. The second-order valence-electron chi connectivity index (χ2n) is 6.07. The molecular formula is C19H21NO3S. The van der Waals surface area contributed by atoms with Crippen molar-refractivity contribution in [1.29, 1.82) is 0 Å². The molecule has 0 aromatic heterocycles. The van der Waals surface area contributed by atoms with Gasteiger partial charge in [0, 0.05) is 24.4 Å². The van der Waals surface area contributed by atoms with Crippen LogP contribution in [0.2, 0.25) is 0 Å². The van der Waals surface area contributed by atoms with Gasteiger partial charge in [-0.1, -0.05) is 48.5 Å². The highest BCUT2D eigenvalue weighted by molar-refractivity contribution is 7.90. The lowest BCUT2D eigenvalue weighted by Crippen LogP contribution is -2.30. The normalized spacial score (nSPS) is 15.1. The van der Waals surface area contributed by atoms with Crippen LogP contribution in [0.4, 0.5) is 0 Å². The van der Waals surface area contributed by atoms with Crippen LogP contribution in [-0.4, -0.2) is 33.6 Å². The Bertz CT molecular complexity index is 829. The predicted octanol–water partition coefficient (Wildman–Crippen LogP) is 2.84. The van der Waals surface area contributed by atoms with E-state index in [1.807, 2.05) is 54.6 Å². The molecule has 24 heavy (non-hydrogen) atoms. The average Bonchev–Trinajstić information content (AvgIpc) is 2.58. The van der Waals surface area contributed by atoms with Gasteiger partial charge in [-0.15, -0.1) is 0 Å². The van der Waals surface area contributed by atoms with Crippen molar-refractivity contribution >= 4 is 15.9 Å². The summed E-state index contributed by atoms with van der Waals surface area (Å²) in [4.78, 5) is 0. The molecule has 126 valence electrons. The minimum Gasteiger partial charge on any atom is -0.489 e. The summed E-state index contributed by atoms with van der Waals surface area (Å²) < 4.78 is 29.2. The van der Waals surface area contributed by atoms with E-state index in [2.05, 4.69) is 11.4 Å². The lowest BCUT2D eigenvalue weighted by Gasteiger charge is -2.22. The highest BCUT2D eigenvalue weighted by atomic mass is 32.2. The van der Waals surface area contributed by atoms with E-state index in [4.69, 9.17) is 4.74 Å². The van der Waals surface area contributed by atoms with Crippen LogP contribution < -0.4 is 10.1 Å². The van der Waals surface area contributed by atoms with E-state index in [0.717, 1.165) is 22.4 Å². The Kier molecular flexibility index (Phi) is 5.02. The van der Waals surface area contributed by atoms with E-state index in [1.54, 1.807) is 0 Å². The Morgan fingerprint density at radius 3 is 2.54 bits per heavy atom. The maximum Gasteiger partial charge on any atom is 0.149 e. The number of fused-ring (bicyclic) bond motifs is 1. The van der Waals surface area contributed by atoms with Crippen molar-refractivity contribution in [3.8, 4) is 5.75 Å². The summed E-state index contributed by atoms with van der Waals surface area (Å²) in [5, 5.41) is 3.37. The number of hydrogen-bond acceptors (Lipinski definition) is 4. The summed E-state index contributed by atoms with van der Waals surface area (Å²) in [6, 6.07) is 17.3. The van der Waals surface area contributed by atoms with Gasteiger partial charge < -0.3 is 10.1 Å². The molecule has 0 unspecified atom stereocenters. The van der Waals surface area contributed by atoms with Crippen LogP contribution in [0.25, 0.3) is 6.08 Å². The summed E-state index contributed by atoms with van der Waals surface area (Å²) in [7, 11) is -3.09. The van der Waals surface area contributed by atoms with Gasteiger partial charge in [0.05, 0.1) is 5.75 Å². The molecule has 0 amide bonds. The summed E-state index contributed by atoms with van der Waals surface area (Å²) >= 11 is 0. The molecule has 3 rings (SSSR count). The second kappa shape index (κ2) is 7.20. The molecule has 0 aliphatic carbocycles. The van der Waals surface area contributed by atoms with Crippen molar-refractivity contribution in [2.75, 3.05) is 25.2 Å². The number of rotatable bonds is 6. The number of benzene rings is 2. The minimum absolute atomic E-state index is 0.0712. The number of para-hydroxylation sites is 1. The Morgan fingerprint density at radius 2 is 1.79 bits per heavy atom. The molecule has 2 aromatic rings. The fourth-order valence-electron chi connectivity index (χ4n) is 2.78. The molecule has 1 heterocycles. The molecule has 0 bridgehead atoms. The molecule has 1 N–H and O–H groups in total. The topological polar surface area (TPSA) is 55.4 Å². The monoisotopic (exact) mass is 343 g/mol. The second-order valence-corrected chi connectivity index (χ2v) is 8.25. The van der Waals surface area contributed by atoms with Crippen molar-refractivity contribution < 1.29 is 13.2 Å². The van der Waals surface area contributed by atoms with Gasteiger partial charge in [0.2, 0.25) is 0 Å². The van der Waals surface area contributed by atoms with Crippen LogP contribution in [0, 0.1) is 0 Å². The van der Waals surface area contributed by atoms with Gasteiger partial charge in [-0.2, -0.15) is 0 Å². The molecule has 1 aliphatic heterocycles. The summed E-state index contributed by atoms with van der Waals surface area (Å²) in [5.74, 6) is 0.957. The fourth-order valence-corrected chi connectivity index (χ4v) is 3.70. The Balaban J connectivity index is 1.74. The maximum absolute atomic E-state index is 11.8. The van der Waals surface area contributed by atoms with Crippen molar-refractivity contribution in [2.24, 2.45) is 0 Å². The van der Waals surface area contributed by atoms with Gasteiger partial charge in [0.15, 0.2) is 0 Å². The molecule has 0 spiro atoms. The molecule has 0 fully saturated rings. The van der Waals surface area contributed by atoms with Crippen molar-refractivity contribution in [2.45, 2.75) is 6.04 Å². The molecule has 0 radical (unpaired) electrons. The van der Waals surface area contributed by atoms with E-state index in [9.17, 15) is 8.42 Å². The fraction of sp³-hybridized carbons (Fsp3) is 0.263. The van der Waals surface area contributed by atoms with E-state index in [0.29, 0.717) is 13.2 Å². The van der Waals surface area contributed by atoms with Crippen molar-refractivity contribution in [3.05, 3.63) is 71.3 Å². The van der Waals surface area contributed by atoms with Crippen LogP contribution in [-0.2, 0) is 9.84 Å². The number of sulfone groups is 1. The number of ether oxygens (including phenoxy) is 1. The van der Waals surface area contributed by atoms with Crippen LogP contribution in [0.3, 0.4) is 0 Å². The molecule has 2 aromatic carbocycles. The zero-order valence-corrected chi connectivity index (χ0v) is 14.4. The van der Waals surface area contributed by atoms with E-state index in [-0.39, 0.29) is 11.8 Å². The third-order valence-electron chi connectivity index (χ3n) is 3.94. The largest absolute Gasteiger partial charge is 0.489 e. The van der Waals surface area contributed by atoms with Gasteiger partial charge in [-0.05, 0) is 23.3 Å². The Morgan fingerprint density at radius 1 is 1.08 bits per heavy atom. The predicted molar refractivity (Wildman–Crippen MR) is 96.8 cm³/mol. The van der Waals surface area contributed by atoms with E-state index >= 15 is 0 Å². The van der Waals surface area contributed by atoms with Crippen molar-refractivity contribution in [1.82, 2.24) is 5.32 Å². The zero-order valence-electron chi connectivity index (χ0n) is 13.6. The first-order valence-corrected chi connectivity index (χ1v) is 9.95. The average molecular weight is 343 g/mol. The third kappa shape index (κ3) is 4.46. The van der Waals surface area contributed by atoms with Gasteiger partial charge in [0.1, 0.15) is 22.2 Å². The molecular weight excluding hydrogens is 322 g/mol. The first-order valence-electron chi connectivity index (χ1n) is 7.88. The molecule has 0 saturated heterocycles. The first-order chi connectivity index (χ1) is 11.5. The molecule has 5 heteroatoms. The maximum atomic E-state index is 11.8. The van der Waals surface area contributed by atoms with Gasteiger partial charge in [-0.25, -0.2) is 8.42 Å². The van der Waals surface area contributed by atoms with Crippen LogP contribution in [0.15, 0.2) is 60.2 Å². The minimum atomic E-state index is -3.09. The lowest BCUT2D eigenvalue weighted by molar-refractivity contribution is 0.341. The van der Waals surface area contributed by atoms with Gasteiger partial charge in [0.25, 0.3) is 0 Å². The quantitative estimate of drug-likeness (QED) is 0.876. The van der Waals surface area contributed by atoms with Crippen LogP contribution >= 0.6 is 0 Å². The summed E-state index contributed by atoms with van der Waals surface area (Å²) in [6.45, 7) is 1.10. The Hall–Kier alpha value is -2.11. The molecule has 1 aliphatic rings. The number of nitrogens with one attached hydrogen (secondary N) is 1. The molecule has 0 saturated carbocycles. The standard InChI is InChI=1S/C19H21NO3S/c1-24(21,22)14-18(16-7-3-2-4-8-16)20-12-15-11-17-9-5-6-10-19(17)23-13-15/h2-11,18,20H,12-14H2,1H3/t18-/m1/s1. The molecule has 4 nitrogen and oxygen atoms in total. The van der Waals surface area contributed by atoms with Crippen LogP contribution in [0.1, 0.15) is 17.2 Å². The zero-order chi connectivity index (χ0) is 17.0.